The average molecular weight is 650 g/mol. The normalized spacial score (nSPS) is 23.5. The average Bonchev–Trinajstić information content (AvgIpc) is 3.44. The van der Waals surface area contributed by atoms with Gasteiger partial charge in [0, 0.05) is 57.5 Å². The third kappa shape index (κ3) is 7.15. The molecule has 4 heterocycles. The number of methoxy groups -OCH3 is 1. The molecule has 1 N–H and O–H groups in total. The number of nitrogens with zero attached hydrogens (tertiary/aromatic N) is 7. The van der Waals surface area contributed by atoms with E-state index in [1.807, 2.05) is 4.90 Å². The molecule has 3 aliphatic heterocycles. The number of likely N-dealkylation sites (N-methyl/N-ethyl adjacent to an activating group) is 1. The molecular weight excluding hydrogens is 611 g/mol. The predicted octanol–water partition coefficient (Wildman–Crippen LogP) is 4.11. The summed E-state index contributed by atoms with van der Waals surface area (Å²) in [5.41, 5.74) is 0.539. The molecule has 244 valence electrons. The van der Waals surface area contributed by atoms with Crippen molar-refractivity contribution in [2.45, 2.75) is 63.3 Å². The topological polar surface area (TPSA) is 101 Å². The lowest BCUT2D eigenvalue weighted by atomic mass is 10.0. The van der Waals surface area contributed by atoms with E-state index in [4.69, 9.17) is 31.0 Å². The third-order valence-electron chi connectivity index (χ3n) is 8.98. The van der Waals surface area contributed by atoms with Gasteiger partial charge >= 0.3 is 12.2 Å². The summed E-state index contributed by atoms with van der Waals surface area (Å²) in [5, 5.41) is 19.6. The summed E-state index contributed by atoms with van der Waals surface area (Å²) in [4.78, 5) is 17.4. The molecule has 0 spiro atoms. The van der Waals surface area contributed by atoms with Crippen molar-refractivity contribution in [1.29, 1.82) is 5.26 Å². The molecule has 0 amide bonds. The molecule has 0 saturated carbocycles. The Morgan fingerprint density at radius 3 is 2.69 bits per heavy atom. The Balaban J connectivity index is 1.48. The van der Waals surface area contributed by atoms with Gasteiger partial charge in [-0.25, -0.2) is 0 Å². The van der Waals surface area contributed by atoms with Crippen molar-refractivity contribution in [2.75, 3.05) is 62.8 Å². The molecule has 2 saturated heterocycles. The molecule has 45 heavy (non-hydrogen) atoms. The van der Waals surface area contributed by atoms with E-state index in [9.17, 15) is 23.5 Å². The summed E-state index contributed by atoms with van der Waals surface area (Å²) >= 11 is 6.05. The Morgan fingerprint density at radius 1 is 1.20 bits per heavy atom. The van der Waals surface area contributed by atoms with Crippen LogP contribution < -0.4 is 14.5 Å². The number of likely N-dealkylation sites (tertiary alicyclic amines) is 1. The summed E-state index contributed by atoms with van der Waals surface area (Å²) in [7, 11) is 1.70. The van der Waals surface area contributed by atoms with Crippen molar-refractivity contribution < 1.29 is 27.8 Å². The Labute approximate surface area is 266 Å². The van der Waals surface area contributed by atoms with Gasteiger partial charge in [0.05, 0.1) is 47.1 Å². The highest BCUT2D eigenvalue weighted by Crippen LogP contribution is 2.43. The number of nitriles is 1. The first kappa shape index (κ1) is 33.2. The summed E-state index contributed by atoms with van der Waals surface area (Å²) in [6, 6.07) is 6.37. The van der Waals surface area contributed by atoms with Crippen LogP contribution in [-0.4, -0.2) is 102 Å². The molecule has 3 aliphatic rings. The van der Waals surface area contributed by atoms with Crippen LogP contribution in [0.4, 0.5) is 24.7 Å². The van der Waals surface area contributed by atoms with Crippen molar-refractivity contribution in [3.05, 3.63) is 52.7 Å². The second-order valence-corrected chi connectivity index (χ2v) is 12.0. The van der Waals surface area contributed by atoms with Gasteiger partial charge in [-0.3, -0.25) is 9.80 Å². The highest BCUT2D eigenvalue weighted by Gasteiger charge is 2.39. The summed E-state index contributed by atoms with van der Waals surface area (Å²) in [6.45, 7) is 9.54. The number of anilines is 2. The zero-order chi connectivity index (χ0) is 32.3. The summed E-state index contributed by atoms with van der Waals surface area (Å²) in [6.07, 6.45) is -2.58. The number of hydrogen-bond donors (Lipinski definition) is 1. The molecule has 5 rings (SSSR count). The predicted molar refractivity (Wildman–Crippen MR) is 164 cm³/mol. The van der Waals surface area contributed by atoms with Crippen molar-refractivity contribution in [2.24, 2.45) is 0 Å². The van der Waals surface area contributed by atoms with Gasteiger partial charge in [-0.1, -0.05) is 31.2 Å². The fourth-order valence-electron chi connectivity index (χ4n) is 6.65. The molecule has 0 radical (unpaired) electrons. The van der Waals surface area contributed by atoms with Crippen molar-refractivity contribution in [3.8, 4) is 12.1 Å². The fourth-order valence-corrected chi connectivity index (χ4v) is 6.93. The Bertz CT molecular complexity index is 1410. The number of aliphatic hydroxyl groups excluding tert-OH is 1. The number of hydrogen-bond acceptors (Lipinski definition) is 10. The molecular formula is C31H39ClF3N7O3. The number of aliphatic hydroxyl groups is 1. The highest BCUT2D eigenvalue weighted by atomic mass is 35.5. The van der Waals surface area contributed by atoms with E-state index in [1.165, 1.54) is 24.3 Å². The van der Waals surface area contributed by atoms with E-state index in [2.05, 4.69) is 29.4 Å². The van der Waals surface area contributed by atoms with Gasteiger partial charge < -0.3 is 24.4 Å². The summed E-state index contributed by atoms with van der Waals surface area (Å²) < 4.78 is 54.0. The van der Waals surface area contributed by atoms with Gasteiger partial charge in [-0.2, -0.15) is 28.4 Å². The molecule has 0 bridgehead atoms. The van der Waals surface area contributed by atoms with E-state index in [0.29, 0.717) is 50.7 Å². The van der Waals surface area contributed by atoms with Crippen molar-refractivity contribution in [3.63, 3.8) is 0 Å². The quantitative estimate of drug-likeness (QED) is 0.379. The van der Waals surface area contributed by atoms with Gasteiger partial charge in [0.1, 0.15) is 18.7 Å². The standard InChI is InChI=1S/C31H39ClF3N7O3/c1-4-27(43)42-14-13-41(16-20(42)9-11-36)29-23-10-12-40(26-8-6-7-24(32)28(26)31(33,34)35)18-25(23)37-30(38-29)45-19-21-15-22(44-3)17-39(21)5-2/h4,6-8,20-22,27,43H,1,5,9-10,12-19H2,2-3H3/t20-,21-,22+,27?/m0/s1. The van der Waals surface area contributed by atoms with E-state index >= 15 is 0 Å². The fraction of sp³-hybridized carbons (Fsp3) is 0.581. The summed E-state index contributed by atoms with van der Waals surface area (Å²) in [5.74, 6) is 0.640. The minimum absolute atomic E-state index is 0.000424. The number of rotatable bonds is 10. The van der Waals surface area contributed by atoms with Gasteiger partial charge in [-0.15, -0.1) is 0 Å². The number of fused-ring (bicyclic) bond motifs is 1. The van der Waals surface area contributed by atoms with Crippen LogP contribution in [0.5, 0.6) is 6.01 Å². The number of halogens is 4. The van der Waals surface area contributed by atoms with E-state index in [-0.39, 0.29) is 47.9 Å². The molecule has 1 unspecified atom stereocenters. The van der Waals surface area contributed by atoms with Crippen LogP contribution in [0, 0.1) is 11.3 Å². The van der Waals surface area contributed by atoms with Gasteiger partial charge in [0.2, 0.25) is 0 Å². The van der Waals surface area contributed by atoms with Crippen LogP contribution in [0.3, 0.4) is 0 Å². The van der Waals surface area contributed by atoms with Crippen LogP contribution in [-0.2, 0) is 23.9 Å². The maximum Gasteiger partial charge on any atom is 0.419 e. The maximum absolute atomic E-state index is 14.1. The number of alkyl halides is 3. The minimum atomic E-state index is -4.63. The van der Waals surface area contributed by atoms with Gasteiger partial charge in [-0.05, 0) is 37.6 Å². The molecule has 2 fully saturated rings. The lowest BCUT2D eigenvalue weighted by molar-refractivity contribution is -0.137. The Morgan fingerprint density at radius 2 is 2.00 bits per heavy atom. The van der Waals surface area contributed by atoms with Gasteiger partial charge in [0.15, 0.2) is 0 Å². The van der Waals surface area contributed by atoms with Crippen LogP contribution in [0.15, 0.2) is 30.9 Å². The molecule has 0 aliphatic carbocycles. The van der Waals surface area contributed by atoms with Crippen LogP contribution in [0.1, 0.15) is 36.6 Å². The molecule has 2 aromatic rings. The smallest absolute Gasteiger partial charge is 0.419 e. The zero-order valence-electron chi connectivity index (χ0n) is 25.5. The number of ether oxygens (including phenoxy) is 2. The number of piperazine rings is 1. The SMILES string of the molecule is C=CC(O)N1CCN(c2nc(OC[C@@H]3C[C@@H](OC)CN3CC)nc3c2CCN(c2cccc(Cl)c2C(F)(F)F)C3)C[C@@H]1CC#N. The van der Waals surface area contributed by atoms with Crippen molar-refractivity contribution >= 4 is 23.1 Å². The lowest BCUT2D eigenvalue weighted by Gasteiger charge is -2.43. The van der Waals surface area contributed by atoms with E-state index in [1.54, 1.807) is 12.0 Å². The second kappa shape index (κ2) is 14.1. The largest absolute Gasteiger partial charge is 0.462 e. The molecule has 4 atom stereocenters. The highest BCUT2D eigenvalue weighted by molar-refractivity contribution is 6.31. The monoisotopic (exact) mass is 649 g/mol. The molecule has 1 aromatic carbocycles. The zero-order valence-corrected chi connectivity index (χ0v) is 26.3. The first-order valence-electron chi connectivity index (χ1n) is 15.2. The van der Waals surface area contributed by atoms with Crippen LogP contribution in [0.25, 0.3) is 0 Å². The maximum atomic E-state index is 14.1. The van der Waals surface area contributed by atoms with Crippen molar-refractivity contribution in [1.82, 2.24) is 19.8 Å². The first-order chi connectivity index (χ1) is 21.6. The number of aromatic nitrogens is 2. The van der Waals surface area contributed by atoms with Crippen LogP contribution >= 0.6 is 11.6 Å². The third-order valence-corrected chi connectivity index (χ3v) is 9.29. The Kier molecular flexibility index (Phi) is 10.4. The van der Waals surface area contributed by atoms with E-state index in [0.717, 1.165) is 25.1 Å². The minimum Gasteiger partial charge on any atom is -0.462 e. The second-order valence-electron chi connectivity index (χ2n) is 11.6. The van der Waals surface area contributed by atoms with E-state index < -0.39 is 18.0 Å². The molecule has 1 aromatic heterocycles. The molecule has 14 heteroatoms. The number of benzene rings is 1. The first-order valence-corrected chi connectivity index (χ1v) is 15.5. The van der Waals surface area contributed by atoms with Crippen LogP contribution in [0.2, 0.25) is 5.02 Å². The van der Waals surface area contributed by atoms with Gasteiger partial charge in [0.25, 0.3) is 0 Å². The molecule has 10 nitrogen and oxygen atoms in total. The Hall–Kier alpha value is -3.15. The lowest BCUT2D eigenvalue weighted by Crippen LogP contribution is -2.56.